The lowest BCUT2D eigenvalue weighted by Gasteiger charge is -2.26. The van der Waals surface area contributed by atoms with Crippen LogP contribution in [0.1, 0.15) is 26.2 Å². The van der Waals surface area contributed by atoms with E-state index in [1.54, 1.807) is 14.2 Å². The molecule has 0 aromatic heterocycles. The van der Waals surface area contributed by atoms with Crippen molar-refractivity contribution in [3.63, 3.8) is 0 Å². The SMILES string of the molecule is CCN1CCC2CCC(O)C=C21.COc1ccccc1OC. The van der Waals surface area contributed by atoms with Gasteiger partial charge in [0.15, 0.2) is 11.5 Å². The van der Waals surface area contributed by atoms with Crippen LogP contribution in [0.5, 0.6) is 11.5 Å². The van der Waals surface area contributed by atoms with Crippen molar-refractivity contribution in [2.75, 3.05) is 27.3 Å². The topological polar surface area (TPSA) is 41.9 Å². The van der Waals surface area contributed by atoms with E-state index in [2.05, 4.69) is 17.9 Å². The maximum Gasteiger partial charge on any atom is 0.160 e. The van der Waals surface area contributed by atoms with Crippen molar-refractivity contribution >= 4 is 0 Å². The number of allylic oxidation sites excluding steroid dienone is 1. The number of para-hydroxylation sites is 2. The van der Waals surface area contributed by atoms with E-state index in [4.69, 9.17) is 9.47 Å². The van der Waals surface area contributed by atoms with Crippen LogP contribution in [0.2, 0.25) is 0 Å². The van der Waals surface area contributed by atoms with Crippen LogP contribution in [0, 0.1) is 5.92 Å². The average molecular weight is 305 g/mol. The van der Waals surface area contributed by atoms with Gasteiger partial charge >= 0.3 is 0 Å². The highest BCUT2D eigenvalue weighted by atomic mass is 16.5. The van der Waals surface area contributed by atoms with Crippen molar-refractivity contribution in [3.05, 3.63) is 36.0 Å². The van der Waals surface area contributed by atoms with Gasteiger partial charge in [-0.25, -0.2) is 0 Å². The van der Waals surface area contributed by atoms with Gasteiger partial charge in [0, 0.05) is 24.7 Å². The molecule has 1 aromatic rings. The first-order valence-electron chi connectivity index (χ1n) is 8.01. The van der Waals surface area contributed by atoms with Gasteiger partial charge in [0.1, 0.15) is 0 Å². The highest BCUT2D eigenvalue weighted by Crippen LogP contribution is 2.35. The Balaban J connectivity index is 0.000000164. The Hall–Kier alpha value is -1.68. The molecule has 0 spiro atoms. The summed E-state index contributed by atoms with van der Waals surface area (Å²) >= 11 is 0. The highest BCUT2D eigenvalue weighted by molar-refractivity contribution is 5.39. The number of likely N-dealkylation sites (tertiary alicyclic amines) is 1. The minimum Gasteiger partial charge on any atom is -0.493 e. The summed E-state index contributed by atoms with van der Waals surface area (Å²) in [4.78, 5) is 2.40. The monoisotopic (exact) mass is 305 g/mol. The molecule has 4 nitrogen and oxygen atoms in total. The number of hydrogen-bond acceptors (Lipinski definition) is 4. The zero-order chi connectivity index (χ0) is 15.9. The summed E-state index contributed by atoms with van der Waals surface area (Å²) in [6.45, 7) is 4.47. The van der Waals surface area contributed by atoms with Crippen molar-refractivity contribution in [3.8, 4) is 11.5 Å². The molecule has 4 heteroatoms. The molecule has 2 atom stereocenters. The molecule has 1 heterocycles. The lowest BCUT2D eigenvalue weighted by atomic mass is 9.91. The third-order valence-corrected chi connectivity index (χ3v) is 4.38. The molecule has 0 amide bonds. The summed E-state index contributed by atoms with van der Waals surface area (Å²) in [5.41, 5.74) is 1.41. The normalized spacial score (nSPS) is 23.1. The Morgan fingerprint density at radius 2 is 1.73 bits per heavy atom. The minimum atomic E-state index is -0.177. The number of aliphatic hydroxyl groups is 1. The Labute approximate surface area is 133 Å². The molecule has 22 heavy (non-hydrogen) atoms. The summed E-state index contributed by atoms with van der Waals surface area (Å²) in [5.74, 6) is 2.29. The summed E-state index contributed by atoms with van der Waals surface area (Å²) in [6, 6.07) is 7.53. The van der Waals surface area contributed by atoms with Crippen LogP contribution >= 0.6 is 0 Å². The fourth-order valence-electron chi connectivity index (χ4n) is 3.16. The van der Waals surface area contributed by atoms with Gasteiger partial charge in [0.2, 0.25) is 0 Å². The first kappa shape index (κ1) is 16.7. The van der Waals surface area contributed by atoms with Crippen molar-refractivity contribution in [1.82, 2.24) is 4.90 Å². The van der Waals surface area contributed by atoms with Crippen molar-refractivity contribution in [1.29, 1.82) is 0 Å². The van der Waals surface area contributed by atoms with Crippen LogP contribution in [0.15, 0.2) is 36.0 Å². The molecular weight excluding hydrogens is 278 g/mol. The van der Waals surface area contributed by atoms with Gasteiger partial charge in [-0.1, -0.05) is 12.1 Å². The van der Waals surface area contributed by atoms with E-state index in [-0.39, 0.29) is 6.10 Å². The van der Waals surface area contributed by atoms with Crippen LogP contribution in [0.3, 0.4) is 0 Å². The second kappa shape index (κ2) is 8.08. The lowest BCUT2D eigenvalue weighted by Crippen LogP contribution is -2.23. The second-order valence-corrected chi connectivity index (χ2v) is 5.66. The van der Waals surface area contributed by atoms with Crippen molar-refractivity contribution < 1.29 is 14.6 Å². The average Bonchev–Trinajstić information content (AvgIpc) is 2.97. The third kappa shape index (κ3) is 3.95. The van der Waals surface area contributed by atoms with Gasteiger partial charge in [-0.3, -0.25) is 0 Å². The summed E-state index contributed by atoms with van der Waals surface area (Å²) < 4.78 is 10.0. The molecule has 1 aromatic carbocycles. The molecule has 1 aliphatic carbocycles. The molecule has 1 aliphatic heterocycles. The van der Waals surface area contributed by atoms with E-state index in [1.807, 2.05) is 24.3 Å². The molecule has 0 saturated carbocycles. The van der Waals surface area contributed by atoms with E-state index in [0.717, 1.165) is 30.4 Å². The van der Waals surface area contributed by atoms with Gasteiger partial charge in [0.05, 0.1) is 20.3 Å². The van der Waals surface area contributed by atoms with E-state index < -0.39 is 0 Å². The maximum absolute atomic E-state index is 9.47. The molecule has 2 unspecified atom stereocenters. The highest BCUT2D eigenvalue weighted by Gasteiger charge is 2.30. The molecule has 2 aliphatic rings. The number of hydrogen-bond donors (Lipinski definition) is 1. The third-order valence-electron chi connectivity index (χ3n) is 4.38. The maximum atomic E-state index is 9.47. The first-order valence-corrected chi connectivity index (χ1v) is 8.01. The molecule has 0 radical (unpaired) electrons. The van der Waals surface area contributed by atoms with Crippen molar-refractivity contribution in [2.24, 2.45) is 5.92 Å². The quantitative estimate of drug-likeness (QED) is 0.932. The van der Waals surface area contributed by atoms with Crippen LogP contribution in [0.4, 0.5) is 0 Å². The molecule has 1 fully saturated rings. The zero-order valence-electron chi connectivity index (χ0n) is 13.8. The van der Waals surface area contributed by atoms with Gasteiger partial charge in [-0.2, -0.15) is 0 Å². The molecule has 3 rings (SSSR count). The number of benzene rings is 1. The number of nitrogens with zero attached hydrogens (tertiary/aromatic N) is 1. The molecule has 0 bridgehead atoms. The Morgan fingerprint density at radius 1 is 1.09 bits per heavy atom. The largest absolute Gasteiger partial charge is 0.493 e. The molecular formula is C18H27NO3. The molecule has 1 saturated heterocycles. The Morgan fingerprint density at radius 3 is 2.27 bits per heavy atom. The smallest absolute Gasteiger partial charge is 0.160 e. The van der Waals surface area contributed by atoms with Crippen LogP contribution in [0.25, 0.3) is 0 Å². The van der Waals surface area contributed by atoms with Crippen molar-refractivity contribution in [2.45, 2.75) is 32.3 Å². The number of aliphatic hydroxyl groups excluding tert-OH is 1. The fraction of sp³-hybridized carbons (Fsp3) is 0.556. The summed E-state index contributed by atoms with van der Waals surface area (Å²) in [5, 5.41) is 9.47. The molecule has 1 N–H and O–H groups in total. The lowest BCUT2D eigenvalue weighted by molar-refractivity contribution is 0.188. The number of methoxy groups -OCH3 is 2. The van der Waals surface area contributed by atoms with Gasteiger partial charge in [-0.15, -0.1) is 0 Å². The zero-order valence-corrected chi connectivity index (χ0v) is 13.8. The number of ether oxygens (including phenoxy) is 2. The van der Waals surface area contributed by atoms with Gasteiger partial charge in [-0.05, 0) is 44.4 Å². The van der Waals surface area contributed by atoms with E-state index >= 15 is 0 Å². The van der Waals surface area contributed by atoms with E-state index in [0.29, 0.717) is 0 Å². The predicted octanol–water partition coefficient (Wildman–Crippen LogP) is 3.07. The van der Waals surface area contributed by atoms with E-state index in [1.165, 1.54) is 25.1 Å². The summed E-state index contributed by atoms with van der Waals surface area (Å²) in [6.07, 6.45) is 5.33. The molecule has 122 valence electrons. The Bertz CT molecular complexity index is 478. The van der Waals surface area contributed by atoms with Gasteiger partial charge < -0.3 is 19.5 Å². The Kier molecular flexibility index (Phi) is 6.13. The van der Waals surface area contributed by atoms with Crippen LogP contribution < -0.4 is 9.47 Å². The van der Waals surface area contributed by atoms with Crippen LogP contribution in [-0.2, 0) is 0 Å². The van der Waals surface area contributed by atoms with Crippen LogP contribution in [-0.4, -0.2) is 43.4 Å². The minimum absolute atomic E-state index is 0.177. The number of rotatable bonds is 3. The standard InChI is InChI=1S/C10H17NO.C8H10O2/c1-2-11-6-5-8-3-4-9(12)7-10(8)11;1-9-7-5-3-4-6-8(7)10-2/h7-9,12H,2-6H2,1H3;3-6H,1-2H3. The summed E-state index contributed by atoms with van der Waals surface area (Å²) in [7, 11) is 3.25. The second-order valence-electron chi connectivity index (χ2n) is 5.66. The van der Waals surface area contributed by atoms with E-state index in [9.17, 15) is 5.11 Å². The predicted molar refractivity (Wildman–Crippen MR) is 88.2 cm³/mol. The van der Waals surface area contributed by atoms with Gasteiger partial charge in [0.25, 0.3) is 0 Å². The fourth-order valence-corrected chi connectivity index (χ4v) is 3.16. The first-order chi connectivity index (χ1) is 10.7. The number of fused-ring (bicyclic) bond motifs is 1.